The Bertz CT molecular complexity index is 319. The molecule has 0 aromatic rings. The second-order valence-corrected chi connectivity index (χ2v) is 5.23. The van der Waals surface area contributed by atoms with Crippen LogP contribution in [0.5, 0.6) is 0 Å². The van der Waals surface area contributed by atoms with Crippen LogP contribution in [0.25, 0.3) is 0 Å². The summed E-state index contributed by atoms with van der Waals surface area (Å²) in [6.45, 7) is 6.61. The van der Waals surface area contributed by atoms with Gasteiger partial charge >= 0.3 is 0 Å². The summed E-state index contributed by atoms with van der Waals surface area (Å²) < 4.78 is 0. The molecule has 2 bridgehead atoms. The van der Waals surface area contributed by atoms with Crippen LogP contribution in [0, 0.1) is 5.92 Å². The molecule has 3 nitrogen and oxygen atoms in total. The Morgan fingerprint density at radius 2 is 2.18 bits per heavy atom. The Balaban J connectivity index is 2.27. The van der Waals surface area contributed by atoms with Gasteiger partial charge < -0.3 is 16.0 Å². The van der Waals surface area contributed by atoms with Crippen molar-refractivity contribution in [2.45, 2.75) is 45.6 Å². The normalized spacial score (nSPS) is 27.6. The lowest BCUT2D eigenvalue weighted by atomic mass is 10.0. The minimum atomic E-state index is 0.407. The summed E-state index contributed by atoms with van der Waals surface area (Å²) in [6.07, 6.45) is 9.43. The van der Waals surface area contributed by atoms with Gasteiger partial charge in [0.1, 0.15) is 5.82 Å². The fourth-order valence-electron chi connectivity index (χ4n) is 3.02. The fraction of sp³-hybridized carbons (Fsp3) is 0.714. The highest BCUT2D eigenvalue weighted by Gasteiger charge is 2.25. The first-order chi connectivity index (χ1) is 8.22. The molecule has 96 valence electrons. The van der Waals surface area contributed by atoms with Crippen LogP contribution in [0.4, 0.5) is 0 Å². The maximum atomic E-state index is 6.26. The van der Waals surface area contributed by atoms with E-state index < -0.39 is 0 Å². The highest BCUT2D eigenvalue weighted by Crippen LogP contribution is 2.26. The predicted molar refractivity (Wildman–Crippen MR) is 72.2 cm³/mol. The number of hydrogen-bond donors (Lipinski definition) is 2. The van der Waals surface area contributed by atoms with Gasteiger partial charge in [0.2, 0.25) is 0 Å². The number of hydrogen-bond acceptors (Lipinski definition) is 3. The molecule has 0 aromatic carbocycles. The van der Waals surface area contributed by atoms with E-state index in [9.17, 15) is 0 Å². The molecule has 1 unspecified atom stereocenters. The molecule has 3 N–H and O–H groups in total. The SMILES string of the molecule is C/C=C\C(C)C1=C(N)N[C@H]2CCCCN1CC2. The largest absolute Gasteiger partial charge is 0.384 e. The van der Waals surface area contributed by atoms with Gasteiger partial charge in [-0.25, -0.2) is 0 Å². The molecule has 3 heteroatoms. The molecule has 2 aliphatic rings. The van der Waals surface area contributed by atoms with Crippen molar-refractivity contribution < 1.29 is 0 Å². The van der Waals surface area contributed by atoms with E-state index in [0.29, 0.717) is 12.0 Å². The molecular weight excluding hydrogens is 210 g/mol. The van der Waals surface area contributed by atoms with E-state index in [1.807, 2.05) is 0 Å². The lowest BCUT2D eigenvalue weighted by molar-refractivity contribution is 0.283. The van der Waals surface area contributed by atoms with E-state index >= 15 is 0 Å². The average Bonchev–Trinajstić information content (AvgIpc) is 2.36. The van der Waals surface area contributed by atoms with Crippen LogP contribution in [0.2, 0.25) is 0 Å². The summed E-state index contributed by atoms with van der Waals surface area (Å²) in [5, 5.41) is 3.52. The number of fused-ring (bicyclic) bond motifs is 3. The summed E-state index contributed by atoms with van der Waals surface area (Å²) in [5.74, 6) is 1.31. The molecule has 1 fully saturated rings. The number of nitrogens with zero attached hydrogens (tertiary/aromatic N) is 1. The summed E-state index contributed by atoms with van der Waals surface area (Å²) >= 11 is 0. The van der Waals surface area contributed by atoms with E-state index in [1.54, 1.807) is 0 Å². The van der Waals surface area contributed by atoms with Gasteiger partial charge in [-0.05, 0) is 32.6 Å². The molecule has 2 aliphatic heterocycles. The number of allylic oxidation sites excluding steroid dienone is 2. The minimum Gasteiger partial charge on any atom is -0.384 e. The predicted octanol–water partition coefficient (Wildman–Crippen LogP) is 2.17. The quantitative estimate of drug-likeness (QED) is 0.721. The van der Waals surface area contributed by atoms with Crippen molar-refractivity contribution in [2.24, 2.45) is 11.7 Å². The molecule has 17 heavy (non-hydrogen) atoms. The molecule has 0 aromatic heterocycles. The second-order valence-electron chi connectivity index (χ2n) is 5.23. The van der Waals surface area contributed by atoms with Crippen LogP contribution in [0.1, 0.15) is 39.5 Å². The van der Waals surface area contributed by atoms with Gasteiger partial charge in [-0.1, -0.05) is 19.1 Å². The fourth-order valence-corrected chi connectivity index (χ4v) is 3.02. The topological polar surface area (TPSA) is 41.3 Å². The van der Waals surface area contributed by atoms with Crippen LogP contribution in [0.3, 0.4) is 0 Å². The summed E-state index contributed by atoms with van der Waals surface area (Å²) in [5.41, 5.74) is 7.56. The standard InChI is InChI=1S/C14H25N3/c1-3-6-11(2)13-14(15)16-12-7-4-5-9-17(13)10-8-12/h3,6,11-12,16H,4-5,7-10,15H2,1-2H3/b6-3-/t11?,12-/m0/s1. The van der Waals surface area contributed by atoms with Gasteiger partial charge in [0.15, 0.2) is 0 Å². The molecule has 2 rings (SSSR count). The molecule has 2 atom stereocenters. The van der Waals surface area contributed by atoms with E-state index in [2.05, 4.69) is 36.2 Å². The Hall–Kier alpha value is -1.12. The number of rotatable bonds is 2. The van der Waals surface area contributed by atoms with E-state index in [4.69, 9.17) is 5.73 Å². The highest BCUT2D eigenvalue weighted by atomic mass is 15.2. The van der Waals surface area contributed by atoms with Gasteiger partial charge in [-0.3, -0.25) is 0 Å². The average molecular weight is 235 g/mol. The maximum absolute atomic E-state index is 6.26. The first kappa shape index (κ1) is 12.3. The van der Waals surface area contributed by atoms with E-state index in [-0.39, 0.29) is 0 Å². The maximum Gasteiger partial charge on any atom is 0.117 e. The molecular formula is C14H25N3. The van der Waals surface area contributed by atoms with Crippen LogP contribution >= 0.6 is 0 Å². The number of nitrogens with two attached hydrogens (primary N) is 1. The van der Waals surface area contributed by atoms with Crippen LogP contribution < -0.4 is 11.1 Å². The molecule has 0 amide bonds. The molecule has 0 aliphatic carbocycles. The third-order valence-electron chi connectivity index (χ3n) is 3.87. The summed E-state index contributed by atoms with van der Waals surface area (Å²) in [4.78, 5) is 2.49. The highest BCUT2D eigenvalue weighted by molar-refractivity contribution is 5.19. The van der Waals surface area contributed by atoms with Crippen LogP contribution in [0.15, 0.2) is 23.7 Å². The molecule has 0 saturated carbocycles. The van der Waals surface area contributed by atoms with Crippen molar-refractivity contribution in [2.75, 3.05) is 13.1 Å². The Kier molecular flexibility index (Phi) is 3.97. The summed E-state index contributed by atoms with van der Waals surface area (Å²) in [6, 6.07) is 0.577. The zero-order chi connectivity index (χ0) is 12.3. The molecule has 0 spiro atoms. The van der Waals surface area contributed by atoms with Crippen LogP contribution in [-0.4, -0.2) is 24.0 Å². The minimum absolute atomic E-state index is 0.407. The zero-order valence-corrected chi connectivity index (χ0v) is 11.1. The molecule has 2 heterocycles. The zero-order valence-electron chi connectivity index (χ0n) is 11.1. The van der Waals surface area contributed by atoms with Crippen molar-refractivity contribution in [3.05, 3.63) is 23.7 Å². The Morgan fingerprint density at radius 1 is 1.35 bits per heavy atom. The second kappa shape index (κ2) is 5.48. The van der Waals surface area contributed by atoms with Crippen molar-refractivity contribution >= 4 is 0 Å². The molecule has 1 saturated heterocycles. The van der Waals surface area contributed by atoms with Gasteiger partial charge in [0.05, 0.1) is 5.70 Å². The van der Waals surface area contributed by atoms with E-state index in [0.717, 1.165) is 18.9 Å². The van der Waals surface area contributed by atoms with Crippen LogP contribution in [-0.2, 0) is 0 Å². The Labute approximate surface area is 105 Å². The molecule has 0 radical (unpaired) electrons. The van der Waals surface area contributed by atoms with Crippen molar-refractivity contribution in [3.8, 4) is 0 Å². The lowest BCUT2D eigenvalue weighted by Gasteiger charge is -2.30. The van der Waals surface area contributed by atoms with E-state index in [1.165, 1.54) is 31.4 Å². The third-order valence-corrected chi connectivity index (χ3v) is 3.87. The van der Waals surface area contributed by atoms with Crippen molar-refractivity contribution in [1.29, 1.82) is 0 Å². The van der Waals surface area contributed by atoms with Gasteiger partial charge in [0, 0.05) is 25.0 Å². The Morgan fingerprint density at radius 3 is 2.94 bits per heavy atom. The van der Waals surface area contributed by atoms with Crippen molar-refractivity contribution in [3.63, 3.8) is 0 Å². The van der Waals surface area contributed by atoms with Gasteiger partial charge in [-0.15, -0.1) is 0 Å². The first-order valence-corrected chi connectivity index (χ1v) is 6.86. The third kappa shape index (κ3) is 2.76. The first-order valence-electron chi connectivity index (χ1n) is 6.86. The lowest BCUT2D eigenvalue weighted by Crippen LogP contribution is -2.32. The van der Waals surface area contributed by atoms with Gasteiger partial charge in [-0.2, -0.15) is 0 Å². The van der Waals surface area contributed by atoms with Crippen molar-refractivity contribution in [1.82, 2.24) is 10.2 Å². The number of nitrogens with one attached hydrogen (secondary N) is 1. The smallest absolute Gasteiger partial charge is 0.117 e. The van der Waals surface area contributed by atoms with Gasteiger partial charge in [0.25, 0.3) is 0 Å². The monoisotopic (exact) mass is 235 g/mol. The summed E-state index contributed by atoms with van der Waals surface area (Å²) in [7, 11) is 0.